The zero-order valence-electron chi connectivity index (χ0n) is 8.79. The summed E-state index contributed by atoms with van der Waals surface area (Å²) in [5, 5.41) is 3.21. The van der Waals surface area contributed by atoms with Gasteiger partial charge >= 0.3 is 5.97 Å². The van der Waals surface area contributed by atoms with E-state index in [0.717, 1.165) is 6.42 Å². The van der Waals surface area contributed by atoms with Crippen LogP contribution in [0.15, 0.2) is 0 Å². The highest BCUT2D eigenvalue weighted by molar-refractivity contribution is 5.71. The van der Waals surface area contributed by atoms with Crippen LogP contribution >= 0.6 is 0 Å². The van der Waals surface area contributed by atoms with Crippen molar-refractivity contribution in [1.29, 1.82) is 0 Å². The van der Waals surface area contributed by atoms with Crippen LogP contribution < -0.4 is 11.1 Å². The number of esters is 1. The molecular formula is C10H20N2O2. The molecule has 3 N–H and O–H groups in total. The van der Waals surface area contributed by atoms with Crippen molar-refractivity contribution in [3.05, 3.63) is 0 Å². The summed E-state index contributed by atoms with van der Waals surface area (Å²) < 4.78 is 4.84. The molecule has 0 radical (unpaired) electrons. The lowest BCUT2D eigenvalue weighted by molar-refractivity contribution is -0.142. The van der Waals surface area contributed by atoms with Gasteiger partial charge in [-0.3, -0.25) is 4.79 Å². The van der Waals surface area contributed by atoms with Crippen molar-refractivity contribution < 1.29 is 9.53 Å². The van der Waals surface area contributed by atoms with E-state index in [1.165, 1.54) is 12.8 Å². The summed E-state index contributed by atoms with van der Waals surface area (Å²) in [6.45, 7) is 3.29. The van der Waals surface area contributed by atoms with Gasteiger partial charge in [-0.1, -0.05) is 6.42 Å². The molecule has 0 aliphatic heterocycles. The lowest BCUT2D eigenvalue weighted by Crippen LogP contribution is -2.39. The van der Waals surface area contributed by atoms with E-state index in [4.69, 9.17) is 10.5 Å². The van der Waals surface area contributed by atoms with Gasteiger partial charge in [-0.25, -0.2) is 0 Å². The van der Waals surface area contributed by atoms with E-state index in [2.05, 4.69) is 5.32 Å². The van der Waals surface area contributed by atoms with E-state index in [1.807, 2.05) is 6.92 Å². The first-order chi connectivity index (χ1) is 6.77. The Hall–Kier alpha value is -0.610. The average molecular weight is 200 g/mol. The minimum absolute atomic E-state index is 0.171. The predicted octanol–water partition coefficient (Wildman–Crippen LogP) is 0.267. The van der Waals surface area contributed by atoms with E-state index >= 15 is 0 Å². The highest BCUT2D eigenvalue weighted by atomic mass is 16.5. The molecule has 1 aliphatic rings. The number of hydrogen-bond acceptors (Lipinski definition) is 4. The first-order valence-corrected chi connectivity index (χ1v) is 5.37. The molecule has 0 aromatic heterocycles. The topological polar surface area (TPSA) is 64.3 Å². The van der Waals surface area contributed by atoms with Gasteiger partial charge in [0.15, 0.2) is 0 Å². The zero-order valence-corrected chi connectivity index (χ0v) is 8.79. The van der Waals surface area contributed by atoms with E-state index in [1.54, 1.807) is 0 Å². The molecule has 0 aromatic rings. The Morgan fingerprint density at radius 1 is 1.57 bits per heavy atom. The molecule has 1 aliphatic carbocycles. The summed E-state index contributed by atoms with van der Waals surface area (Å²) >= 11 is 0. The fourth-order valence-corrected chi connectivity index (χ4v) is 2.01. The Bertz CT molecular complexity index is 185. The molecule has 4 nitrogen and oxygen atoms in total. The van der Waals surface area contributed by atoms with Crippen LogP contribution in [-0.4, -0.2) is 31.7 Å². The van der Waals surface area contributed by atoms with Crippen molar-refractivity contribution in [1.82, 2.24) is 5.32 Å². The van der Waals surface area contributed by atoms with Crippen molar-refractivity contribution in [2.45, 2.75) is 32.2 Å². The highest BCUT2D eigenvalue weighted by Crippen LogP contribution is 2.24. The molecule has 1 fully saturated rings. The fraction of sp³-hybridized carbons (Fsp3) is 0.900. The molecule has 0 saturated heterocycles. The van der Waals surface area contributed by atoms with E-state index in [9.17, 15) is 4.79 Å². The standard InChI is InChI=1S/C10H20N2O2/c1-2-14-10(13)7-12-9-5-3-4-8(9)6-11/h8-9,12H,2-7,11H2,1H3. The molecule has 2 atom stereocenters. The minimum Gasteiger partial charge on any atom is -0.465 e. The maximum atomic E-state index is 11.1. The summed E-state index contributed by atoms with van der Waals surface area (Å²) in [4.78, 5) is 11.1. The maximum Gasteiger partial charge on any atom is 0.319 e. The van der Waals surface area contributed by atoms with Gasteiger partial charge in [-0.05, 0) is 32.2 Å². The van der Waals surface area contributed by atoms with Crippen LogP contribution in [0.2, 0.25) is 0 Å². The Kier molecular flexibility index (Phi) is 4.90. The van der Waals surface area contributed by atoms with Gasteiger partial charge in [-0.15, -0.1) is 0 Å². The Morgan fingerprint density at radius 2 is 2.36 bits per heavy atom. The van der Waals surface area contributed by atoms with E-state index in [-0.39, 0.29) is 5.97 Å². The molecule has 0 bridgehead atoms. The molecule has 2 unspecified atom stereocenters. The summed E-state index contributed by atoms with van der Waals surface area (Å²) in [5.74, 6) is 0.361. The van der Waals surface area contributed by atoms with Crippen LogP contribution in [0.1, 0.15) is 26.2 Å². The van der Waals surface area contributed by atoms with Crippen LogP contribution in [-0.2, 0) is 9.53 Å². The van der Waals surface area contributed by atoms with Crippen molar-refractivity contribution in [2.24, 2.45) is 11.7 Å². The normalized spacial score (nSPS) is 26.4. The molecular weight excluding hydrogens is 180 g/mol. The number of nitrogens with two attached hydrogens (primary N) is 1. The number of rotatable bonds is 5. The third kappa shape index (κ3) is 3.27. The average Bonchev–Trinajstić information content (AvgIpc) is 2.62. The Morgan fingerprint density at radius 3 is 3.00 bits per heavy atom. The van der Waals surface area contributed by atoms with Gasteiger partial charge in [-0.2, -0.15) is 0 Å². The SMILES string of the molecule is CCOC(=O)CNC1CCCC1CN. The van der Waals surface area contributed by atoms with Gasteiger partial charge in [0, 0.05) is 6.04 Å². The summed E-state index contributed by atoms with van der Waals surface area (Å²) in [7, 11) is 0. The summed E-state index contributed by atoms with van der Waals surface area (Å²) in [6.07, 6.45) is 3.51. The molecule has 0 spiro atoms. The fourth-order valence-electron chi connectivity index (χ4n) is 2.01. The Balaban J connectivity index is 2.20. The first kappa shape index (κ1) is 11.5. The van der Waals surface area contributed by atoms with Crippen LogP contribution in [0, 0.1) is 5.92 Å². The molecule has 4 heteroatoms. The second kappa shape index (κ2) is 5.98. The van der Waals surface area contributed by atoms with Crippen molar-refractivity contribution in [3.63, 3.8) is 0 Å². The monoisotopic (exact) mass is 200 g/mol. The third-order valence-corrected chi connectivity index (χ3v) is 2.78. The maximum absolute atomic E-state index is 11.1. The minimum atomic E-state index is -0.171. The molecule has 82 valence electrons. The van der Waals surface area contributed by atoms with Gasteiger partial charge in [0.25, 0.3) is 0 Å². The van der Waals surface area contributed by atoms with Gasteiger partial charge in [0.2, 0.25) is 0 Å². The number of ether oxygens (including phenoxy) is 1. The molecule has 1 saturated carbocycles. The third-order valence-electron chi connectivity index (χ3n) is 2.78. The quantitative estimate of drug-likeness (QED) is 0.625. The van der Waals surface area contributed by atoms with Gasteiger partial charge in [0.05, 0.1) is 13.2 Å². The Labute approximate surface area is 85.2 Å². The molecule has 14 heavy (non-hydrogen) atoms. The predicted molar refractivity (Wildman–Crippen MR) is 54.8 cm³/mol. The number of hydrogen-bond donors (Lipinski definition) is 2. The zero-order chi connectivity index (χ0) is 10.4. The lowest BCUT2D eigenvalue weighted by atomic mass is 10.0. The smallest absolute Gasteiger partial charge is 0.319 e. The van der Waals surface area contributed by atoms with Crippen molar-refractivity contribution in [2.75, 3.05) is 19.7 Å². The van der Waals surface area contributed by atoms with Crippen LogP contribution in [0.25, 0.3) is 0 Å². The lowest BCUT2D eigenvalue weighted by Gasteiger charge is -2.18. The molecule has 1 rings (SSSR count). The molecule has 0 aromatic carbocycles. The van der Waals surface area contributed by atoms with Gasteiger partial charge < -0.3 is 15.8 Å². The van der Waals surface area contributed by atoms with E-state index < -0.39 is 0 Å². The van der Waals surface area contributed by atoms with Crippen LogP contribution in [0.5, 0.6) is 0 Å². The largest absolute Gasteiger partial charge is 0.465 e. The van der Waals surface area contributed by atoms with Crippen LogP contribution in [0.3, 0.4) is 0 Å². The first-order valence-electron chi connectivity index (χ1n) is 5.37. The molecule has 0 heterocycles. The highest BCUT2D eigenvalue weighted by Gasteiger charge is 2.25. The van der Waals surface area contributed by atoms with Crippen molar-refractivity contribution >= 4 is 5.97 Å². The molecule has 0 amide bonds. The number of carbonyl (C=O) groups is 1. The summed E-state index contributed by atoms with van der Waals surface area (Å²) in [5.41, 5.74) is 5.63. The number of carbonyl (C=O) groups excluding carboxylic acids is 1. The second-order valence-corrected chi connectivity index (χ2v) is 3.72. The van der Waals surface area contributed by atoms with Gasteiger partial charge in [0.1, 0.15) is 0 Å². The van der Waals surface area contributed by atoms with Crippen molar-refractivity contribution in [3.8, 4) is 0 Å². The van der Waals surface area contributed by atoms with E-state index in [0.29, 0.717) is 31.7 Å². The van der Waals surface area contributed by atoms with Crippen LogP contribution in [0.4, 0.5) is 0 Å². The number of nitrogens with one attached hydrogen (secondary N) is 1. The second-order valence-electron chi connectivity index (χ2n) is 3.72. The summed E-state index contributed by atoms with van der Waals surface area (Å²) in [6, 6.07) is 0.407.